The van der Waals surface area contributed by atoms with Crippen LogP contribution in [0.3, 0.4) is 0 Å². The highest BCUT2D eigenvalue weighted by Crippen LogP contribution is 2.41. The molecule has 2 rings (SSSR count). The van der Waals surface area contributed by atoms with E-state index in [1.807, 2.05) is 6.92 Å². The average molecular weight is 222 g/mol. The van der Waals surface area contributed by atoms with Crippen LogP contribution in [0.5, 0.6) is 0 Å². The quantitative estimate of drug-likeness (QED) is 0.540. The van der Waals surface area contributed by atoms with Crippen LogP contribution in [-0.2, 0) is 9.53 Å². The molecule has 0 N–H and O–H groups in total. The van der Waals surface area contributed by atoms with Gasteiger partial charge in [-0.05, 0) is 38.0 Å². The van der Waals surface area contributed by atoms with Crippen molar-refractivity contribution in [3.8, 4) is 0 Å². The molecule has 0 aliphatic heterocycles. The summed E-state index contributed by atoms with van der Waals surface area (Å²) >= 11 is 0. The molecule has 2 fully saturated rings. The fourth-order valence-electron chi connectivity index (χ4n) is 3.35. The molecule has 0 amide bonds. The minimum absolute atomic E-state index is 0.155. The van der Waals surface area contributed by atoms with Gasteiger partial charge in [-0.1, -0.05) is 31.8 Å². The van der Waals surface area contributed by atoms with Crippen molar-refractivity contribution in [2.75, 3.05) is 0 Å². The van der Waals surface area contributed by atoms with Gasteiger partial charge >= 0.3 is 5.97 Å². The first-order valence-corrected chi connectivity index (χ1v) is 6.64. The number of esters is 1. The first-order valence-electron chi connectivity index (χ1n) is 6.64. The fourth-order valence-corrected chi connectivity index (χ4v) is 3.35. The second-order valence-corrected chi connectivity index (χ2v) is 5.11. The van der Waals surface area contributed by atoms with E-state index in [-0.39, 0.29) is 12.1 Å². The van der Waals surface area contributed by atoms with Crippen molar-refractivity contribution in [3.63, 3.8) is 0 Å². The molecule has 2 aliphatic rings. The normalized spacial score (nSPS) is 31.3. The summed E-state index contributed by atoms with van der Waals surface area (Å²) in [7, 11) is 0. The van der Waals surface area contributed by atoms with Crippen LogP contribution in [0.1, 0.15) is 51.9 Å². The van der Waals surface area contributed by atoms with Gasteiger partial charge in [0, 0.05) is 6.08 Å². The molecule has 2 saturated carbocycles. The molecule has 2 unspecified atom stereocenters. The Hall–Kier alpha value is -0.790. The minimum Gasteiger partial charge on any atom is -0.459 e. The van der Waals surface area contributed by atoms with Crippen molar-refractivity contribution in [3.05, 3.63) is 12.2 Å². The van der Waals surface area contributed by atoms with E-state index in [9.17, 15) is 4.79 Å². The molecule has 90 valence electrons. The zero-order valence-electron chi connectivity index (χ0n) is 10.2. The standard InChI is InChI=1S/C14H22O2/c1-2-6-14(15)16-13-10-5-9-12(13)11-7-3-4-8-11/h2,6,11-13H,3-5,7-10H2,1H3/b6-2-. The molecule has 2 aliphatic carbocycles. The maximum atomic E-state index is 11.5. The summed E-state index contributed by atoms with van der Waals surface area (Å²) < 4.78 is 5.55. The van der Waals surface area contributed by atoms with Crippen molar-refractivity contribution in [1.29, 1.82) is 0 Å². The molecule has 16 heavy (non-hydrogen) atoms. The summed E-state index contributed by atoms with van der Waals surface area (Å²) in [6.07, 6.45) is 12.5. The van der Waals surface area contributed by atoms with Crippen molar-refractivity contribution in [2.24, 2.45) is 11.8 Å². The van der Waals surface area contributed by atoms with Gasteiger partial charge in [-0.3, -0.25) is 0 Å². The van der Waals surface area contributed by atoms with Crippen molar-refractivity contribution >= 4 is 5.97 Å². The van der Waals surface area contributed by atoms with Gasteiger partial charge in [0.2, 0.25) is 0 Å². The van der Waals surface area contributed by atoms with Gasteiger partial charge in [0.25, 0.3) is 0 Å². The van der Waals surface area contributed by atoms with Crippen LogP contribution in [0.15, 0.2) is 12.2 Å². The first kappa shape index (κ1) is 11.7. The highest BCUT2D eigenvalue weighted by Gasteiger charge is 2.36. The minimum atomic E-state index is -0.155. The maximum Gasteiger partial charge on any atom is 0.330 e. The maximum absolute atomic E-state index is 11.5. The van der Waals surface area contributed by atoms with Gasteiger partial charge in [-0.2, -0.15) is 0 Å². The summed E-state index contributed by atoms with van der Waals surface area (Å²) in [5.74, 6) is 1.32. The number of carbonyl (C=O) groups is 1. The molecule has 0 heterocycles. The van der Waals surface area contributed by atoms with E-state index < -0.39 is 0 Å². The van der Waals surface area contributed by atoms with E-state index in [1.54, 1.807) is 6.08 Å². The molecule has 0 aromatic heterocycles. The molecule has 2 atom stereocenters. The molecular weight excluding hydrogens is 200 g/mol. The smallest absolute Gasteiger partial charge is 0.330 e. The summed E-state index contributed by atoms with van der Waals surface area (Å²) in [5.41, 5.74) is 0. The molecule has 0 aromatic carbocycles. The number of carbonyl (C=O) groups excluding carboxylic acids is 1. The Morgan fingerprint density at radius 1 is 1.12 bits per heavy atom. The first-order chi connectivity index (χ1) is 7.81. The predicted octanol–water partition coefficient (Wildman–Crippen LogP) is 3.46. The third kappa shape index (κ3) is 2.66. The van der Waals surface area contributed by atoms with Crippen molar-refractivity contribution < 1.29 is 9.53 Å². The van der Waals surface area contributed by atoms with Crippen LogP contribution in [0.4, 0.5) is 0 Å². The topological polar surface area (TPSA) is 26.3 Å². The third-order valence-electron chi connectivity index (χ3n) is 4.08. The lowest BCUT2D eigenvalue weighted by Gasteiger charge is -2.24. The number of hydrogen-bond donors (Lipinski definition) is 0. The summed E-state index contributed by atoms with van der Waals surface area (Å²) in [6, 6.07) is 0. The highest BCUT2D eigenvalue weighted by molar-refractivity contribution is 5.81. The second-order valence-electron chi connectivity index (χ2n) is 5.11. The lowest BCUT2D eigenvalue weighted by atomic mass is 9.88. The van der Waals surface area contributed by atoms with E-state index in [1.165, 1.54) is 44.6 Å². The van der Waals surface area contributed by atoms with Gasteiger partial charge in [0.15, 0.2) is 0 Å². The van der Waals surface area contributed by atoms with E-state index in [0.717, 1.165) is 12.3 Å². The van der Waals surface area contributed by atoms with E-state index >= 15 is 0 Å². The largest absolute Gasteiger partial charge is 0.459 e. The van der Waals surface area contributed by atoms with Crippen LogP contribution < -0.4 is 0 Å². The summed E-state index contributed by atoms with van der Waals surface area (Å²) in [6.45, 7) is 1.85. The van der Waals surface area contributed by atoms with Crippen LogP contribution in [-0.4, -0.2) is 12.1 Å². The predicted molar refractivity (Wildman–Crippen MR) is 64.0 cm³/mol. The summed E-state index contributed by atoms with van der Waals surface area (Å²) in [4.78, 5) is 11.5. The average Bonchev–Trinajstić information content (AvgIpc) is 2.86. The van der Waals surface area contributed by atoms with E-state index in [2.05, 4.69) is 0 Å². The molecule has 0 spiro atoms. The Labute approximate surface area is 98.1 Å². The van der Waals surface area contributed by atoms with Crippen molar-refractivity contribution in [2.45, 2.75) is 58.0 Å². The number of hydrogen-bond acceptors (Lipinski definition) is 2. The van der Waals surface area contributed by atoms with Gasteiger partial charge in [0.05, 0.1) is 0 Å². The fraction of sp³-hybridized carbons (Fsp3) is 0.786. The molecule has 0 radical (unpaired) electrons. The van der Waals surface area contributed by atoms with Gasteiger partial charge in [-0.25, -0.2) is 4.79 Å². The van der Waals surface area contributed by atoms with E-state index in [4.69, 9.17) is 4.74 Å². The second kappa shape index (κ2) is 5.51. The Balaban J connectivity index is 1.89. The number of allylic oxidation sites excluding steroid dienone is 1. The lowest BCUT2D eigenvalue weighted by Crippen LogP contribution is -2.26. The monoisotopic (exact) mass is 222 g/mol. The van der Waals surface area contributed by atoms with Gasteiger partial charge in [0.1, 0.15) is 6.10 Å². The van der Waals surface area contributed by atoms with Gasteiger partial charge in [-0.15, -0.1) is 0 Å². The highest BCUT2D eigenvalue weighted by atomic mass is 16.5. The van der Waals surface area contributed by atoms with Crippen LogP contribution in [0, 0.1) is 11.8 Å². The van der Waals surface area contributed by atoms with Gasteiger partial charge < -0.3 is 4.74 Å². The number of rotatable bonds is 3. The number of ether oxygens (including phenoxy) is 1. The Morgan fingerprint density at radius 2 is 1.88 bits per heavy atom. The Kier molecular flexibility index (Phi) is 4.03. The SMILES string of the molecule is C/C=C\C(=O)OC1CCCC1C1CCCC1. The van der Waals surface area contributed by atoms with Crippen LogP contribution in [0.25, 0.3) is 0 Å². The van der Waals surface area contributed by atoms with Crippen LogP contribution in [0.2, 0.25) is 0 Å². The molecule has 2 nitrogen and oxygen atoms in total. The molecule has 0 saturated heterocycles. The molecule has 2 heteroatoms. The summed E-state index contributed by atoms with van der Waals surface area (Å²) in [5, 5.41) is 0. The van der Waals surface area contributed by atoms with E-state index in [0.29, 0.717) is 5.92 Å². The Morgan fingerprint density at radius 3 is 2.56 bits per heavy atom. The lowest BCUT2D eigenvalue weighted by molar-refractivity contribution is -0.145. The Bertz CT molecular complexity index is 264. The van der Waals surface area contributed by atoms with Crippen molar-refractivity contribution in [1.82, 2.24) is 0 Å². The molecule has 0 bridgehead atoms. The van der Waals surface area contributed by atoms with Crippen LogP contribution >= 0.6 is 0 Å². The molecule has 0 aromatic rings. The third-order valence-corrected chi connectivity index (χ3v) is 4.08. The zero-order valence-corrected chi connectivity index (χ0v) is 10.2. The molecular formula is C14H22O2. The zero-order chi connectivity index (χ0) is 11.4.